The maximum Gasteiger partial charge on any atom is 0.416 e. The molecule has 2 aromatic carbocycles. The lowest BCUT2D eigenvalue weighted by Gasteiger charge is -2.35. The van der Waals surface area contributed by atoms with E-state index in [2.05, 4.69) is 9.62 Å². The predicted molar refractivity (Wildman–Crippen MR) is 122 cm³/mol. The second kappa shape index (κ2) is 10.1. The number of piperidine rings is 1. The Balaban J connectivity index is 1.26. The fourth-order valence-corrected chi connectivity index (χ4v) is 5.86. The van der Waals surface area contributed by atoms with Crippen LogP contribution in [0, 0.1) is 5.92 Å². The van der Waals surface area contributed by atoms with Gasteiger partial charge >= 0.3 is 6.18 Å². The van der Waals surface area contributed by atoms with Crippen LogP contribution >= 0.6 is 23.2 Å². The summed E-state index contributed by atoms with van der Waals surface area (Å²) in [6, 6.07) is 7.46. The highest BCUT2D eigenvalue weighted by Crippen LogP contribution is 2.35. The average molecular weight is 539 g/mol. The smallest absolute Gasteiger partial charge is 0.416 e. The summed E-state index contributed by atoms with van der Waals surface area (Å²) in [7, 11) is -4.03. The molecule has 2 aliphatic rings. The van der Waals surface area contributed by atoms with Crippen molar-refractivity contribution >= 4 is 33.2 Å². The van der Waals surface area contributed by atoms with E-state index in [1.165, 1.54) is 0 Å². The number of nitrogens with zero attached hydrogens (tertiary/aromatic N) is 1. The Bertz CT molecular complexity index is 1140. The lowest BCUT2D eigenvalue weighted by molar-refractivity contribution is -0.137. The van der Waals surface area contributed by atoms with Crippen molar-refractivity contribution in [3.05, 3.63) is 52.0 Å². The first kappa shape index (κ1) is 25.4. The highest BCUT2D eigenvalue weighted by molar-refractivity contribution is 7.89. The van der Waals surface area contributed by atoms with Gasteiger partial charge in [0.15, 0.2) is 11.5 Å². The minimum absolute atomic E-state index is 0.0994. The van der Waals surface area contributed by atoms with E-state index < -0.39 is 26.8 Å². The van der Waals surface area contributed by atoms with E-state index in [4.69, 9.17) is 32.7 Å². The lowest BCUT2D eigenvalue weighted by atomic mass is 9.97. The van der Waals surface area contributed by atoms with Gasteiger partial charge in [0.1, 0.15) is 17.6 Å². The molecule has 1 fully saturated rings. The number of sulfonamides is 1. The van der Waals surface area contributed by atoms with E-state index in [-0.39, 0.29) is 23.5 Å². The maximum atomic E-state index is 12.8. The molecule has 186 valence electrons. The van der Waals surface area contributed by atoms with Crippen molar-refractivity contribution < 1.29 is 31.1 Å². The van der Waals surface area contributed by atoms with Crippen LogP contribution in [0.25, 0.3) is 0 Å². The second-order valence-electron chi connectivity index (χ2n) is 8.38. The largest absolute Gasteiger partial charge is 0.486 e. The van der Waals surface area contributed by atoms with Crippen LogP contribution in [0.4, 0.5) is 13.2 Å². The van der Waals surface area contributed by atoms with Crippen molar-refractivity contribution in [2.24, 2.45) is 5.92 Å². The van der Waals surface area contributed by atoms with Crippen LogP contribution in [0.3, 0.4) is 0 Å². The molecule has 2 heterocycles. The summed E-state index contributed by atoms with van der Waals surface area (Å²) in [5, 5.41) is 0.110. The number of alkyl halides is 3. The van der Waals surface area contributed by atoms with Crippen molar-refractivity contribution in [2.75, 3.05) is 32.8 Å². The van der Waals surface area contributed by atoms with Crippen molar-refractivity contribution in [3.8, 4) is 11.5 Å². The summed E-state index contributed by atoms with van der Waals surface area (Å²) in [6.07, 6.45) is -3.21. The van der Waals surface area contributed by atoms with Gasteiger partial charge in [0.05, 0.1) is 10.6 Å². The van der Waals surface area contributed by atoms with E-state index >= 15 is 0 Å². The van der Waals surface area contributed by atoms with E-state index in [1.807, 2.05) is 0 Å². The number of benzene rings is 2. The summed E-state index contributed by atoms with van der Waals surface area (Å²) in [6.45, 7) is 2.81. The third-order valence-corrected chi connectivity index (χ3v) is 8.05. The van der Waals surface area contributed by atoms with Crippen LogP contribution in [0.15, 0.2) is 41.3 Å². The Morgan fingerprint density at radius 3 is 2.47 bits per heavy atom. The molecule has 2 aromatic rings. The summed E-state index contributed by atoms with van der Waals surface area (Å²) >= 11 is 11.9. The zero-order valence-corrected chi connectivity index (χ0v) is 20.3. The molecule has 0 radical (unpaired) electrons. The van der Waals surface area contributed by atoms with Gasteiger partial charge in [-0.2, -0.15) is 13.2 Å². The van der Waals surface area contributed by atoms with Gasteiger partial charge in [-0.15, -0.1) is 0 Å². The Kier molecular flexibility index (Phi) is 7.54. The van der Waals surface area contributed by atoms with Crippen LogP contribution in [0.5, 0.6) is 11.5 Å². The molecule has 0 aromatic heterocycles. The molecule has 0 spiro atoms. The third kappa shape index (κ3) is 6.09. The van der Waals surface area contributed by atoms with Crippen LogP contribution < -0.4 is 14.2 Å². The number of ether oxygens (including phenoxy) is 2. The summed E-state index contributed by atoms with van der Waals surface area (Å²) in [5.74, 6) is 1.39. The molecule has 1 N–H and O–H groups in total. The maximum absolute atomic E-state index is 12.8. The molecule has 12 heteroatoms. The summed E-state index contributed by atoms with van der Waals surface area (Å²) in [5.41, 5.74) is -0.997. The molecule has 6 nitrogen and oxygen atoms in total. The van der Waals surface area contributed by atoms with Crippen molar-refractivity contribution in [3.63, 3.8) is 0 Å². The number of nitrogens with one attached hydrogen (secondary N) is 1. The minimum Gasteiger partial charge on any atom is -0.486 e. The van der Waals surface area contributed by atoms with Gasteiger partial charge in [0, 0.05) is 24.2 Å². The molecular weight excluding hydrogens is 516 g/mol. The molecule has 2 aliphatic heterocycles. The molecule has 1 saturated heterocycles. The first-order valence-electron chi connectivity index (χ1n) is 10.7. The SMILES string of the molecule is O=S(=O)(NCC1CCN(CC2COc3ccc(Cl)cc3O2)CC1)c1ccc(C(F)(F)F)cc1Cl. The quantitative estimate of drug-likeness (QED) is 0.569. The zero-order valence-electron chi connectivity index (χ0n) is 17.9. The monoisotopic (exact) mass is 538 g/mol. The van der Waals surface area contributed by atoms with E-state index in [9.17, 15) is 21.6 Å². The highest BCUT2D eigenvalue weighted by atomic mass is 35.5. The van der Waals surface area contributed by atoms with Crippen molar-refractivity contribution in [1.82, 2.24) is 9.62 Å². The standard InChI is InChI=1S/C22H23Cl2F3N2O4S/c23-16-2-3-19-20(10-16)33-17(13-32-19)12-29-7-5-14(6-8-29)11-28-34(30,31)21-4-1-15(9-18(21)24)22(25,26)27/h1-4,9-10,14,17,28H,5-8,11-13H2. The number of likely N-dealkylation sites (tertiary alicyclic amines) is 1. The van der Waals surface area contributed by atoms with Crippen LogP contribution in [0.1, 0.15) is 18.4 Å². The average Bonchev–Trinajstić information content (AvgIpc) is 2.77. The van der Waals surface area contributed by atoms with Gasteiger partial charge in [-0.05, 0) is 62.2 Å². The van der Waals surface area contributed by atoms with Crippen LogP contribution in [-0.4, -0.2) is 52.2 Å². The van der Waals surface area contributed by atoms with Gasteiger partial charge in [0.2, 0.25) is 10.0 Å². The second-order valence-corrected chi connectivity index (χ2v) is 11.0. The normalized spacial score (nSPS) is 19.9. The Hall–Kier alpha value is -1.72. The van der Waals surface area contributed by atoms with Gasteiger partial charge in [-0.1, -0.05) is 23.2 Å². The van der Waals surface area contributed by atoms with Gasteiger partial charge in [-0.3, -0.25) is 4.90 Å². The summed E-state index contributed by atoms with van der Waals surface area (Å²) < 4.78 is 77.8. The van der Waals surface area contributed by atoms with Gasteiger partial charge < -0.3 is 9.47 Å². The Labute approximate surface area is 206 Å². The van der Waals surface area contributed by atoms with Crippen molar-refractivity contribution in [1.29, 1.82) is 0 Å². The molecule has 1 atom stereocenters. The number of rotatable bonds is 6. The number of halogens is 5. The Morgan fingerprint density at radius 1 is 1.06 bits per heavy atom. The first-order valence-corrected chi connectivity index (χ1v) is 12.9. The molecule has 1 unspecified atom stereocenters. The third-order valence-electron chi connectivity index (χ3n) is 5.90. The zero-order chi connectivity index (χ0) is 24.5. The minimum atomic E-state index is -4.60. The fourth-order valence-electron chi connectivity index (χ4n) is 4.04. The first-order chi connectivity index (χ1) is 16.0. The highest BCUT2D eigenvalue weighted by Gasteiger charge is 2.32. The number of hydrogen-bond acceptors (Lipinski definition) is 5. The van der Waals surface area contributed by atoms with Crippen LogP contribution in [0.2, 0.25) is 10.0 Å². The molecule has 0 aliphatic carbocycles. The number of hydrogen-bond donors (Lipinski definition) is 1. The number of fused-ring (bicyclic) bond motifs is 1. The van der Waals surface area contributed by atoms with E-state index in [1.54, 1.807) is 18.2 Å². The molecule has 0 amide bonds. The molecular formula is C22H23Cl2F3N2O4S. The molecule has 34 heavy (non-hydrogen) atoms. The van der Waals surface area contributed by atoms with E-state index in [0.717, 1.165) is 32.0 Å². The van der Waals surface area contributed by atoms with Gasteiger partial charge in [0.25, 0.3) is 0 Å². The Morgan fingerprint density at radius 2 is 1.79 bits per heavy atom. The molecule has 4 rings (SSSR count). The molecule has 0 saturated carbocycles. The van der Waals surface area contributed by atoms with Crippen LogP contribution in [-0.2, 0) is 16.2 Å². The van der Waals surface area contributed by atoms with Gasteiger partial charge in [-0.25, -0.2) is 13.1 Å². The molecule has 0 bridgehead atoms. The lowest BCUT2D eigenvalue weighted by Crippen LogP contribution is -2.45. The topological polar surface area (TPSA) is 67.9 Å². The fraction of sp³-hybridized carbons (Fsp3) is 0.455. The van der Waals surface area contributed by atoms with Crippen molar-refractivity contribution in [2.45, 2.75) is 30.0 Å². The summed E-state index contributed by atoms with van der Waals surface area (Å²) in [4.78, 5) is 1.87. The predicted octanol–water partition coefficient (Wildman–Crippen LogP) is 4.84. The van der Waals surface area contributed by atoms with E-state index in [0.29, 0.717) is 41.8 Å².